The number of nitrogens with one attached hydrogen (secondary N) is 1. The first-order valence-corrected chi connectivity index (χ1v) is 7.32. The summed E-state index contributed by atoms with van der Waals surface area (Å²) in [6, 6.07) is 4.99. The highest BCUT2D eigenvalue weighted by Crippen LogP contribution is 2.32. The number of hydrogen-bond donors (Lipinski definition) is 3. The number of rotatable bonds is 3. The van der Waals surface area contributed by atoms with Crippen LogP contribution in [0, 0.1) is 5.92 Å². The molecule has 0 spiro atoms. The number of amides is 1. The van der Waals surface area contributed by atoms with Gasteiger partial charge in [-0.25, -0.2) is 0 Å². The van der Waals surface area contributed by atoms with Crippen molar-refractivity contribution in [2.45, 2.75) is 38.1 Å². The number of para-hydroxylation sites is 1. The molecule has 0 bridgehead atoms. The van der Waals surface area contributed by atoms with Crippen molar-refractivity contribution in [3.05, 3.63) is 28.8 Å². The molecule has 1 amide bonds. The van der Waals surface area contributed by atoms with E-state index in [1.807, 2.05) is 0 Å². The molecular weight excluding hydrogens is 276 g/mol. The van der Waals surface area contributed by atoms with Gasteiger partial charge in [-0.15, -0.1) is 0 Å². The minimum absolute atomic E-state index is 0.0497. The highest BCUT2D eigenvalue weighted by Gasteiger charge is 2.35. The summed E-state index contributed by atoms with van der Waals surface area (Å²) in [6.07, 6.45) is 3.59. The van der Waals surface area contributed by atoms with E-state index in [0.29, 0.717) is 16.5 Å². The van der Waals surface area contributed by atoms with Gasteiger partial charge in [-0.2, -0.15) is 0 Å². The van der Waals surface area contributed by atoms with Gasteiger partial charge in [0.25, 0.3) is 5.91 Å². The molecule has 0 radical (unpaired) electrons. The molecule has 1 fully saturated rings. The second kappa shape index (κ2) is 6.02. The van der Waals surface area contributed by atoms with Crippen molar-refractivity contribution in [1.29, 1.82) is 0 Å². The summed E-state index contributed by atoms with van der Waals surface area (Å²) in [5.41, 5.74) is 5.96. The number of aliphatic hydroxyl groups excluding tert-OH is 1. The zero-order valence-corrected chi connectivity index (χ0v) is 12.4. The lowest BCUT2D eigenvalue weighted by Gasteiger charge is -2.38. The van der Waals surface area contributed by atoms with E-state index in [4.69, 9.17) is 17.3 Å². The van der Waals surface area contributed by atoms with E-state index in [0.717, 1.165) is 25.7 Å². The molecule has 20 heavy (non-hydrogen) atoms. The van der Waals surface area contributed by atoms with Crippen LogP contribution in [-0.4, -0.2) is 23.2 Å². The molecule has 0 saturated heterocycles. The van der Waals surface area contributed by atoms with Crippen LogP contribution in [0.5, 0.6) is 0 Å². The van der Waals surface area contributed by atoms with Gasteiger partial charge in [0.2, 0.25) is 0 Å². The van der Waals surface area contributed by atoms with Gasteiger partial charge < -0.3 is 16.2 Å². The van der Waals surface area contributed by atoms with E-state index < -0.39 is 5.54 Å². The summed E-state index contributed by atoms with van der Waals surface area (Å²) in [4.78, 5) is 12.4. The van der Waals surface area contributed by atoms with Crippen LogP contribution in [-0.2, 0) is 0 Å². The van der Waals surface area contributed by atoms with Gasteiger partial charge >= 0.3 is 0 Å². The van der Waals surface area contributed by atoms with Crippen LogP contribution in [0.4, 0.5) is 5.69 Å². The highest BCUT2D eigenvalue weighted by atomic mass is 35.5. The summed E-state index contributed by atoms with van der Waals surface area (Å²) in [5, 5.41) is 13.0. The fourth-order valence-corrected chi connectivity index (χ4v) is 2.86. The third-order valence-corrected chi connectivity index (χ3v) is 4.54. The number of nitrogen functional groups attached to an aromatic ring is 1. The lowest BCUT2D eigenvalue weighted by Crippen LogP contribution is -2.53. The summed E-state index contributed by atoms with van der Waals surface area (Å²) in [7, 11) is 0. The second-order valence-corrected chi connectivity index (χ2v) is 6.18. The lowest BCUT2D eigenvalue weighted by atomic mass is 9.77. The van der Waals surface area contributed by atoms with Crippen molar-refractivity contribution in [2.75, 3.05) is 12.3 Å². The molecule has 0 atom stereocenters. The summed E-state index contributed by atoms with van der Waals surface area (Å²) in [5.74, 6) is 0.372. The third kappa shape index (κ3) is 3.07. The number of aliphatic hydroxyl groups is 1. The second-order valence-electron chi connectivity index (χ2n) is 5.78. The van der Waals surface area contributed by atoms with Gasteiger partial charge in [-0.3, -0.25) is 4.79 Å². The van der Waals surface area contributed by atoms with Gasteiger partial charge in [0, 0.05) is 0 Å². The first-order valence-electron chi connectivity index (χ1n) is 6.95. The van der Waals surface area contributed by atoms with Crippen LogP contribution in [0.3, 0.4) is 0 Å². The molecule has 0 aliphatic heterocycles. The Bertz CT molecular complexity index is 497. The fraction of sp³-hybridized carbons (Fsp3) is 0.533. The van der Waals surface area contributed by atoms with Gasteiger partial charge in [0.15, 0.2) is 0 Å². The maximum Gasteiger partial charge on any atom is 0.253 e. The molecule has 1 aromatic rings. The minimum atomic E-state index is -0.529. The van der Waals surface area contributed by atoms with Crippen LogP contribution in [0.2, 0.25) is 5.02 Å². The van der Waals surface area contributed by atoms with Crippen molar-refractivity contribution < 1.29 is 9.90 Å². The zero-order valence-electron chi connectivity index (χ0n) is 11.7. The van der Waals surface area contributed by atoms with Crippen molar-refractivity contribution in [3.8, 4) is 0 Å². The Kier molecular flexibility index (Phi) is 4.55. The molecule has 110 valence electrons. The molecule has 0 unspecified atom stereocenters. The molecule has 5 heteroatoms. The van der Waals surface area contributed by atoms with E-state index >= 15 is 0 Å². The molecule has 0 aromatic heterocycles. The van der Waals surface area contributed by atoms with Gasteiger partial charge in [-0.05, 0) is 43.7 Å². The largest absolute Gasteiger partial charge is 0.397 e. The average molecular weight is 297 g/mol. The van der Waals surface area contributed by atoms with Gasteiger partial charge in [0.1, 0.15) is 0 Å². The number of benzene rings is 1. The summed E-state index contributed by atoms with van der Waals surface area (Å²) >= 11 is 5.93. The number of carbonyl (C=O) groups is 1. The fourth-order valence-electron chi connectivity index (χ4n) is 2.68. The van der Waals surface area contributed by atoms with Crippen LogP contribution < -0.4 is 11.1 Å². The monoisotopic (exact) mass is 296 g/mol. The average Bonchev–Trinajstić information content (AvgIpc) is 2.44. The minimum Gasteiger partial charge on any atom is -0.397 e. The molecule has 2 rings (SSSR count). The molecular formula is C15H21ClN2O2. The first-order chi connectivity index (χ1) is 9.47. The van der Waals surface area contributed by atoms with Gasteiger partial charge in [-0.1, -0.05) is 24.6 Å². The molecule has 1 aliphatic carbocycles. The zero-order chi connectivity index (χ0) is 14.8. The number of carbonyl (C=O) groups excluding carboxylic acids is 1. The maximum absolute atomic E-state index is 12.4. The van der Waals surface area contributed by atoms with Crippen LogP contribution in [0.15, 0.2) is 18.2 Å². The Morgan fingerprint density at radius 2 is 2.15 bits per heavy atom. The van der Waals surface area contributed by atoms with E-state index in [1.165, 1.54) is 0 Å². The predicted molar refractivity (Wildman–Crippen MR) is 80.8 cm³/mol. The van der Waals surface area contributed by atoms with E-state index in [1.54, 1.807) is 18.2 Å². The van der Waals surface area contributed by atoms with E-state index in [2.05, 4.69) is 12.2 Å². The Balaban J connectivity index is 2.15. The van der Waals surface area contributed by atoms with E-state index in [9.17, 15) is 9.90 Å². The molecule has 4 nitrogen and oxygen atoms in total. The van der Waals surface area contributed by atoms with Gasteiger partial charge in [0.05, 0.1) is 28.4 Å². The van der Waals surface area contributed by atoms with E-state index in [-0.39, 0.29) is 18.2 Å². The van der Waals surface area contributed by atoms with Crippen LogP contribution >= 0.6 is 11.6 Å². The number of hydrogen-bond acceptors (Lipinski definition) is 3. The van der Waals surface area contributed by atoms with Crippen LogP contribution in [0.1, 0.15) is 43.0 Å². The van der Waals surface area contributed by atoms with Crippen molar-refractivity contribution in [1.82, 2.24) is 5.32 Å². The molecule has 1 saturated carbocycles. The van der Waals surface area contributed by atoms with Crippen molar-refractivity contribution in [2.24, 2.45) is 5.92 Å². The molecule has 0 heterocycles. The lowest BCUT2D eigenvalue weighted by molar-refractivity contribution is 0.0718. The summed E-state index contributed by atoms with van der Waals surface area (Å²) in [6.45, 7) is 2.14. The van der Waals surface area contributed by atoms with Crippen LogP contribution in [0.25, 0.3) is 0 Å². The Morgan fingerprint density at radius 3 is 2.75 bits per heavy atom. The molecule has 1 aromatic carbocycles. The number of halogens is 1. The summed E-state index contributed by atoms with van der Waals surface area (Å²) < 4.78 is 0. The Morgan fingerprint density at radius 1 is 1.50 bits per heavy atom. The third-order valence-electron chi connectivity index (χ3n) is 4.21. The SMILES string of the molecule is CC1CCC(CO)(NC(=O)c2cccc(Cl)c2N)CC1. The maximum atomic E-state index is 12.4. The number of anilines is 1. The molecule has 1 aliphatic rings. The predicted octanol–water partition coefficient (Wildman–Crippen LogP) is 2.59. The van der Waals surface area contributed by atoms with Crippen molar-refractivity contribution in [3.63, 3.8) is 0 Å². The standard InChI is InChI=1S/C15H21ClN2O2/c1-10-5-7-15(9-19,8-6-10)18-14(20)11-3-2-4-12(16)13(11)17/h2-4,10,19H,5-9,17H2,1H3,(H,18,20). The quantitative estimate of drug-likeness (QED) is 0.751. The Labute approximate surface area is 124 Å². The number of nitrogens with two attached hydrogens (primary N) is 1. The Hall–Kier alpha value is -1.26. The van der Waals surface area contributed by atoms with Crippen molar-refractivity contribution >= 4 is 23.2 Å². The molecule has 4 N–H and O–H groups in total. The normalized spacial score (nSPS) is 26.2. The topological polar surface area (TPSA) is 75.3 Å². The first kappa shape index (κ1) is 15.1. The highest BCUT2D eigenvalue weighted by molar-refractivity contribution is 6.33. The smallest absolute Gasteiger partial charge is 0.253 e.